The second kappa shape index (κ2) is 6.72. The zero-order valence-corrected chi connectivity index (χ0v) is 16.5. The molecule has 3 aliphatic rings. The van der Waals surface area contributed by atoms with Crippen molar-refractivity contribution in [3.05, 3.63) is 23.8 Å². The summed E-state index contributed by atoms with van der Waals surface area (Å²) in [5.41, 5.74) is -0.0672. The van der Waals surface area contributed by atoms with Crippen molar-refractivity contribution in [2.24, 2.45) is 11.8 Å². The summed E-state index contributed by atoms with van der Waals surface area (Å²) in [6.45, 7) is 10.9. The van der Waals surface area contributed by atoms with E-state index in [0.29, 0.717) is 5.57 Å². The van der Waals surface area contributed by atoms with Gasteiger partial charge in [-0.05, 0) is 25.5 Å². The molecule has 0 aromatic carbocycles. The molecule has 2 bridgehead atoms. The monoisotopic (exact) mass is 380 g/mol. The molecule has 2 saturated heterocycles. The summed E-state index contributed by atoms with van der Waals surface area (Å²) >= 11 is 0. The van der Waals surface area contributed by atoms with Crippen LogP contribution in [-0.4, -0.2) is 53.9 Å². The standard InChI is InChI=1S/C20H28O7/c1-10(2)17(22)26-14-8-19(5)15(21)9-20(24-6,27-19)11(3)7-13-16(14)12(4)18(23)25-13/h7,10,13-16,21H,4,8-9H2,1-3,5-6H3/t13-,14+,15-,16?,19+,20+/m0/s1. The van der Waals surface area contributed by atoms with Gasteiger partial charge < -0.3 is 24.1 Å². The van der Waals surface area contributed by atoms with E-state index in [4.69, 9.17) is 18.9 Å². The number of rotatable bonds is 3. The Morgan fingerprint density at radius 1 is 1.41 bits per heavy atom. The predicted molar refractivity (Wildman–Crippen MR) is 95.5 cm³/mol. The van der Waals surface area contributed by atoms with E-state index in [1.165, 1.54) is 7.11 Å². The van der Waals surface area contributed by atoms with Crippen LogP contribution in [0, 0.1) is 11.8 Å². The number of fused-ring (bicyclic) bond motifs is 3. The molecule has 0 saturated carbocycles. The minimum Gasteiger partial charge on any atom is -0.461 e. The smallest absolute Gasteiger partial charge is 0.334 e. The van der Waals surface area contributed by atoms with E-state index in [9.17, 15) is 14.7 Å². The fraction of sp³-hybridized carbons (Fsp3) is 0.700. The van der Waals surface area contributed by atoms with Gasteiger partial charge in [0.05, 0.1) is 23.5 Å². The Balaban J connectivity index is 2.08. The fourth-order valence-electron chi connectivity index (χ4n) is 4.14. The van der Waals surface area contributed by atoms with Gasteiger partial charge in [0.2, 0.25) is 0 Å². The topological polar surface area (TPSA) is 91.3 Å². The molecule has 7 nitrogen and oxygen atoms in total. The van der Waals surface area contributed by atoms with Crippen molar-refractivity contribution in [1.29, 1.82) is 0 Å². The van der Waals surface area contributed by atoms with Crippen molar-refractivity contribution < 1.29 is 33.6 Å². The molecule has 7 heteroatoms. The van der Waals surface area contributed by atoms with E-state index in [2.05, 4.69) is 6.58 Å². The highest BCUT2D eigenvalue weighted by atomic mass is 16.7. The maximum atomic E-state index is 12.3. The Kier molecular flexibility index (Phi) is 4.99. The van der Waals surface area contributed by atoms with Gasteiger partial charge in [-0.1, -0.05) is 20.4 Å². The lowest BCUT2D eigenvalue weighted by atomic mass is 9.80. The lowest BCUT2D eigenvalue weighted by molar-refractivity contribution is -0.223. The number of methoxy groups -OCH3 is 1. The van der Waals surface area contributed by atoms with Gasteiger partial charge in [0.25, 0.3) is 0 Å². The van der Waals surface area contributed by atoms with Crippen molar-refractivity contribution in [2.45, 2.75) is 70.2 Å². The molecule has 27 heavy (non-hydrogen) atoms. The molecule has 0 aliphatic carbocycles. The average molecular weight is 380 g/mol. The third-order valence-electron chi connectivity index (χ3n) is 5.92. The first kappa shape index (κ1) is 20.0. The lowest BCUT2D eigenvalue weighted by Crippen LogP contribution is -2.45. The van der Waals surface area contributed by atoms with Crippen LogP contribution in [-0.2, 0) is 28.5 Å². The number of hydrogen-bond acceptors (Lipinski definition) is 7. The number of esters is 2. The molecule has 1 unspecified atom stereocenters. The highest BCUT2D eigenvalue weighted by Gasteiger charge is 2.59. The highest BCUT2D eigenvalue weighted by molar-refractivity contribution is 5.91. The third-order valence-corrected chi connectivity index (χ3v) is 5.92. The first-order valence-corrected chi connectivity index (χ1v) is 9.25. The van der Waals surface area contributed by atoms with Crippen LogP contribution in [0.5, 0.6) is 0 Å². The van der Waals surface area contributed by atoms with E-state index in [1.807, 2.05) is 6.92 Å². The number of hydrogen-bond donors (Lipinski definition) is 1. The number of carbonyl (C=O) groups excluding carboxylic acids is 2. The molecule has 0 aromatic heterocycles. The van der Waals surface area contributed by atoms with Crippen molar-refractivity contribution in [2.75, 3.05) is 7.11 Å². The van der Waals surface area contributed by atoms with E-state index in [0.717, 1.165) is 0 Å². The van der Waals surface area contributed by atoms with Crippen molar-refractivity contribution >= 4 is 11.9 Å². The van der Waals surface area contributed by atoms with Gasteiger partial charge in [-0.15, -0.1) is 0 Å². The summed E-state index contributed by atoms with van der Waals surface area (Å²) in [5.74, 6) is -2.90. The first-order chi connectivity index (χ1) is 12.5. The summed E-state index contributed by atoms with van der Waals surface area (Å²) in [4.78, 5) is 24.5. The molecule has 0 aromatic rings. The number of carbonyl (C=O) groups is 2. The second-order valence-corrected chi connectivity index (χ2v) is 8.20. The molecule has 6 atom stereocenters. The van der Waals surface area contributed by atoms with Crippen LogP contribution in [0.25, 0.3) is 0 Å². The minimum absolute atomic E-state index is 0.190. The fourth-order valence-corrected chi connectivity index (χ4v) is 4.14. The normalized spacial score (nSPS) is 41.4. The van der Waals surface area contributed by atoms with E-state index in [1.54, 1.807) is 26.8 Å². The van der Waals surface area contributed by atoms with Gasteiger partial charge in [0, 0.05) is 25.5 Å². The van der Waals surface area contributed by atoms with E-state index >= 15 is 0 Å². The molecule has 2 fully saturated rings. The Morgan fingerprint density at radius 2 is 2.07 bits per heavy atom. The number of aliphatic hydroxyl groups excluding tert-OH is 1. The van der Waals surface area contributed by atoms with Gasteiger partial charge in [0.15, 0.2) is 5.79 Å². The Morgan fingerprint density at radius 3 is 2.67 bits per heavy atom. The molecule has 0 radical (unpaired) electrons. The molecular weight excluding hydrogens is 352 g/mol. The summed E-state index contributed by atoms with van der Waals surface area (Å²) in [5, 5.41) is 10.7. The van der Waals surface area contributed by atoms with Crippen LogP contribution in [0.4, 0.5) is 0 Å². The third kappa shape index (κ3) is 3.22. The van der Waals surface area contributed by atoms with Crippen molar-refractivity contribution in [3.8, 4) is 0 Å². The maximum absolute atomic E-state index is 12.3. The van der Waals surface area contributed by atoms with Crippen LogP contribution in [0.1, 0.15) is 40.5 Å². The maximum Gasteiger partial charge on any atom is 0.334 e. The van der Waals surface area contributed by atoms with Crippen LogP contribution in [0.15, 0.2) is 23.8 Å². The van der Waals surface area contributed by atoms with Crippen LogP contribution < -0.4 is 0 Å². The van der Waals surface area contributed by atoms with Gasteiger partial charge in [-0.25, -0.2) is 4.79 Å². The first-order valence-electron chi connectivity index (χ1n) is 9.25. The number of ether oxygens (including phenoxy) is 4. The molecule has 150 valence electrons. The molecule has 0 amide bonds. The predicted octanol–water partition coefficient (Wildman–Crippen LogP) is 1.88. The second-order valence-electron chi connectivity index (χ2n) is 8.20. The lowest BCUT2D eigenvalue weighted by Gasteiger charge is -2.35. The van der Waals surface area contributed by atoms with Crippen LogP contribution in [0.2, 0.25) is 0 Å². The summed E-state index contributed by atoms with van der Waals surface area (Å²) < 4.78 is 23.1. The van der Waals surface area contributed by atoms with Gasteiger partial charge in [-0.3, -0.25) is 4.79 Å². The van der Waals surface area contributed by atoms with Crippen LogP contribution in [0.3, 0.4) is 0 Å². The molecule has 0 spiro atoms. The van der Waals surface area contributed by atoms with E-state index in [-0.39, 0.29) is 30.3 Å². The molecule has 3 aliphatic heterocycles. The molecule has 1 N–H and O–H groups in total. The Labute approximate surface area is 159 Å². The Hall–Kier alpha value is -1.70. The van der Waals surface area contributed by atoms with Crippen LogP contribution >= 0.6 is 0 Å². The number of aliphatic hydroxyl groups is 1. The zero-order chi connectivity index (χ0) is 20.1. The SMILES string of the molecule is C=C1C(=O)O[C@H]2C=C(C)[C@@]3(OC)C[C@H](O)[C@@](C)(C[C@@H](OC(=O)C(C)C)C12)O3. The van der Waals surface area contributed by atoms with Crippen molar-refractivity contribution in [3.63, 3.8) is 0 Å². The Bertz CT molecular complexity index is 696. The quantitative estimate of drug-likeness (QED) is 0.454. The molecule has 3 heterocycles. The van der Waals surface area contributed by atoms with Crippen molar-refractivity contribution in [1.82, 2.24) is 0 Å². The molecular formula is C20H28O7. The van der Waals surface area contributed by atoms with E-state index < -0.39 is 41.6 Å². The average Bonchev–Trinajstić information content (AvgIpc) is 3.01. The largest absolute Gasteiger partial charge is 0.461 e. The highest BCUT2D eigenvalue weighted by Crippen LogP contribution is 2.49. The van der Waals surface area contributed by atoms with Gasteiger partial charge >= 0.3 is 11.9 Å². The summed E-state index contributed by atoms with van der Waals surface area (Å²) in [7, 11) is 1.51. The minimum atomic E-state index is -1.12. The molecule has 3 rings (SSSR count). The summed E-state index contributed by atoms with van der Waals surface area (Å²) in [6, 6.07) is 0. The zero-order valence-electron chi connectivity index (χ0n) is 16.5. The van der Waals surface area contributed by atoms with Gasteiger partial charge in [-0.2, -0.15) is 0 Å². The summed E-state index contributed by atoms with van der Waals surface area (Å²) in [6.07, 6.45) is -0.00721. The van der Waals surface area contributed by atoms with Gasteiger partial charge in [0.1, 0.15) is 12.2 Å².